The van der Waals surface area contributed by atoms with Crippen LogP contribution < -0.4 is 0 Å². The summed E-state index contributed by atoms with van der Waals surface area (Å²) in [5.41, 5.74) is 0. The Bertz CT molecular complexity index is 362. The summed E-state index contributed by atoms with van der Waals surface area (Å²) in [6, 6.07) is 0.540. The van der Waals surface area contributed by atoms with Crippen LogP contribution in [0.5, 0.6) is 0 Å². The van der Waals surface area contributed by atoms with Crippen molar-refractivity contribution in [2.75, 3.05) is 6.54 Å². The maximum atomic E-state index is 12.7. The fraction of sp³-hybridized carbons (Fsp3) is 0.938. The first-order valence-corrected chi connectivity index (χ1v) is 8.30. The standard InChI is InChI=1S/C16H25NO2/c18-16-15-12(13-8-9-14(15)19-13)10-17(16)11-6-4-2-1-3-5-7-11/h11-15H,1-10H2. The molecule has 0 aromatic heterocycles. The first kappa shape index (κ1) is 12.2. The van der Waals surface area contributed by atoms with Gasteiger partial charge in [-0.25, -0.2) is 0 Å². The molecule has 3 nitrogen and oxygen atoms in total. The molecule has 0 aromatic carbocycles. The van der Waals surface area contributed by atoms with E-state index in [4.69, 9.17) is 4.74 Å². The molecule has 0 spiro atoms. The molecule has 0 N–H and O–H groups in total. The smallest absolute Gasteiger partial charge is 0.229 e. The molecular weight excluding hydrogens is 238 g/mol. The lowest BCUT2D eigenvalue weighted by molar-refractivity contribution is -0.135. The van der Waals surface area contributed by atoms with Crippen molar-refractivity contribution in [2.24, 2.45) is 11.8 Å². The van der Waals surface area contributed by atoms with Gasteiger partial charge in [0.1, 0.15) is 0 Å². The van der Waals surface area contributed by atoms with Crippen molar-refractivity contribution in [1.29, 1.82) is 0 Å². The zero-order valence-electron chi connectivity index (χ0n) is 11.7. The molecule has 1 aliphatic carbocycles. The van der Waals surface area contributed by atoms with E-state index in [1.54, 1.807) is 0 Å². The number of hydrogen-bond acceptors (Lipinski definition) is 2. The van der Waals surface area contributed by atoms with E-state index >= 15 is 0 Å². The van der Waals surface area contributed by atoms with E-state index < -0.39 is 0 Å². The van der Waals surface area contributed by atoms with E-state index in [0.29, 0.717) is 24.0 Å². The molecule has 4 fully saturated rings. The zero-order valence-corrected chi connectivity index (χ0v) is 11.7. The van der Waals surface area contributed by atoms with Gasteiger partial charge in [0.15, 0.2) is 0 Å². The van der Waals surface area contributed by atoms with E-state index in [-0.39, 0.29) is 12.0 Å². The molecule has 3 heterocycles. The third-order valence-electron chi connectivity index (χ3n) is 5.92. The molecule has 4 unspecified atom stereocenters. The van der Waals surface area contributed by atoms with Crippen LogP contribution in [0, 0.1) is 11.8 Å². The average Bonchev–Trinajstić information content (AvgIpc) is 3.02. The Morgan fingerprint density at radius 3 is 2.32 bits per heavy atom. The van der Waals surface area contributed by atoms with Crippen LogP contribution in [0.15, 0.2) is 0 Å². The average molecular weight is 263 g/mol. The van der Waals surface area contributed by atoms with Crippen LogP contribution >= 0.6 is 0 Å². The molecule has 0 aromatic rings. The molecule has 0 radical (unpaired) electrons. The molecule has 4 aliphatic rings. The molecule has 19 heavy (non-hydrogen) atoms. The highest BCUT2D eigenvalue weighted by molar-refractivity contribution is 5.83. The Kier molecular flexibility index (Phi) is 3.06. The Balaban J connectivity index is 1.48. The maximum Gasteiger partial charge on any atom is 0.229 e. The lowest BCUT2D eigenvalue weighted by atomic mass is 9.81. The number of carbonyl (C=O) groups is 1. The highest BCUT2D eigenvalue weighted by Gasteiger charge is 2.58. The summed E-state index contributed by atoms with van der Waals surface area (Å²) in [5.74, 6) is 1.18. The van der Waals surface area contributed by atoms with Crippen molar-refractivity contribution in [1.82, 2.24) is 4.90 Å². The number of ether oxygens (including phenoxy) is 1. The summed E-state index contributed by atoms with van der Waals surface area (Å²) in [5, 5.41) is 0. The van der Waals surface area contributed by atoms with Crippen LogP contribution in [0.3, 0.4) is 0 Å². The third kappa shape index (κ3) is 1.93. The Hall–Kier alpha value is -0.570. The van der Waals surface area contributed by atoms with Gasteiger partial charge in [-0.3, -0.25) is 4.79 Å². The molecule has 3 aliphatic heterocycles. The molecule has 2 bridgehead atoms. The lowest BCUT2D eigenvalue weighted by Gasteiger charge is -2.30. The number of carbonyl (C=O) groups excluding carboxylic acids is 1. The van der Waals surface area contributed by atoms with Crippen LogP contribution in [0.1, 0.15) is 57.8 Å². The minimum absolute atomic E-state index is 0.226. The number of rotatable bonds is 1. The summed E-state index contributed by atoms with van der Waals surface area (Å²) in [7, 11) is 0. The van der Waals surface area contributed by atoms with Gasteiger partial charge in [-0.1, -0.05) is 32.1 Å². The van der Waals surface area contributed by atoms with Crippen molar-refractivity contribution in [3.8, 4) is 0 Å². The summed E-state index contributed by atoms with van der Waals surface area (Å²) >= 11 is 0. The number of fused-ring (bicyclic) bond motifs is 5. The van der Waals surface area contributed by atoms with E-state index in [1.165, 1.54) is 51.4 Å². The van der Waals surface area contributed by atoms with Crippen molar-refractivity contribution >= 4 is 5.91 Å². The van der Waals surface area contributed by atoms with Crippen molar-refractivity contribution < 1.29 is 9.53 Å². The number of hydrogen-bond donors (Lipinski definition) is 0. The number of nitrogens with zero attached hydrogens (tertiary/aromatic N) is 1. The first-order valence-electron chi connectivity index (χ1n) is 8.30. The van der Waals surface area contributed by atoms with E-state index in [2.05, 4.69) is 4.90 Å². The molecule has 4 rings (SSSR count). The Morgan fingerprint density at radius 2 is 1.58 bits per heavy atom. The molecule has 106 valence electrons. The quantitative estimate of drug-likeness (QED) is 0.728. The van der Waals surface area contributed by atoms with Gasteiger partial charge < -0.3 is 9.64 Å². The molecule has 3 heteroatoms. The second-order valence-corrected chi connectivity index (χ2v) is 6.97. The largest absolute Gasteiger partial charge is 0.374 e. The highest BCUT2D eigenvalue weighted by Crippen LogP contribution is 2.48. The van der Waals surface area contributed by atoms with Gasteiger partial charge in [-0.05, 0) is 25.7 Å². The van der Waals surface area contributed by atoms with Crippen molar-refractivity contribution in [3.63, 3.8) is 0 Å². The second kappa shape index (κ2) is 4.76. The van der Waals surface area contributed by atoms with Crippen LogP contribution in [0.4, 0.5) is 0 Å². The fourth-order valence-corrected chi connectivity index (χ4v) is 4.93. The Labute approximate surface area is 115 Å². The van der Waals surface area contributed by atoms with Crippen molar-refractivity contribution in [3.05, 3.63) is 0 Å². The number of likely N-dealkylation sites (tertiary alicyclic amines) is 1. The molecular formula is C16H25NO2. The summed E-state index contributed by atoms with van der Waals surface area (Å²) in [6.07, 6.45) is 12.2. The third-order valence-corrected chi connectivity index (χ3v) is 5.92. The summed E-state index contributed by atoms with van der Waals surface area (Å²) in [6.45, 7) is 0.995. The summed E-state index contributed by atoms with van der Waals surface area (Å²) in [4.78, 5) is 15.0. The monoisotopic (exact) mass is 263 g/mol. The van der Waals surface area contributed by atoms with Crippen LogP contribution in [-0.4, -0.2) is 35.6 Å². The van der Waals surface area contributed by atoms with Gasteiger partial charge >= 0.3 is 0 Å². The van der Waals surface area contributed by atoms with Gasteiger partial charge in [0.2, 0.25) is 5.91 Å². The zero-order chi connectivity index (χ0) is 12.8. The first-order chi connectivity index (χ1) is 9.34. The summed E-state index contributed by atoms with van der Waals surface area (Å²) < 4.78 is 5.94. The van der Waals surface area contributed by atoms with Gasteiger partial charge in [0.05, 0.1) is 18.1 Å². The van der Waals surface area contributed by atoms with Gasteiger partial charge in [-0.15, -0.1) is 0 Å². The maximum absolute atomic E-state index is 12.7. The topological polar surface area (TPSA) is 29.5 Å². The molecule has 1 saturated carbocycles. The van der Waals surface area contributed by atoms with Gasteiger partial charge in [0.25, 0.3) is 0 Å². The minimum Gasteiger partial charge on any atom is -0.374 e. The van der Waals surface area contributed by atoms with E-state index in [9.17, 15) is 4.79 Å². The van der Waals surface area contributed by atoms with E-state index in [1.807, 2.05) is 0 Å². The van der Waals surface area contributed by atoms with Crippen molar-refractivity contribution in [2.45, 2.75) is 76.0 Å². The van der Waals surface area contributed by atoms with Gasteiger partial charge in [0, 0.05) is 18.5 Å². The predicted molar refractivity (Wildman–Crippen MR) is 72.7 cm³/mol. The van der Waals surface area contributed by atoms with Crippen LogP contribution in [-0.2, 0) is 9.53 Å². The SMILES string of the molecule is O=C1C2C3CCC(O3)C2CN1C1CCCCCCC1. The minimum atomic E-state index is 0.226. The highest BCUT2D eigenvalue weighted by atomic mass is 16.5. The fourth-order valence-electron chi connectivity index (χ4n) is 4.93. The normalized spacial score (nSPS) is 43.4. The molecule has 1 amide bonds. The molecule has 4 atom stereocenters. The Morgan fingerprint density at radius 1 is 0.895 bits per heavy atom. The lowest BCUT2D eigenvalue weighted by Crippen LogP contribution is -2.39. The predicted octanol–water partition coefficient (Wildman–Crippen LogP) is 2.74. The number of amides is 1. The molecule has 3 saturated heterocycles. The van der Waals surface area contributed by atoms with Crippen LogP contribution in [0.2, 0.25) is 0 Å². The van der Waals surface area contributed by atoms with E-state index in [0.717, 1.165) is 13.0 Å². The van der Waals surface area contributed by atoms with Crippen LogP contribution in [0.25, 0.3) is 0 Å². The van der Waals surface area contributed by atoms with Gasteiger partial charge in [-0.2, -0.15) is 0 Å². The second-order valence-electron chi connectivity index (χ2n) is 6.97.